The zero-order valence-electron chi connectivity index (χ0n) is 17.8. The van der Waals surface area contributed by atoms with E-state index in [9.17, 15) is 4.79 Å². The van der Waals surface area contributed by atoms with E-state index in [0.717, 1.165) is 57.1 Å². The molecule has 1 aliphatic heterocycles. The molecular formula is C24H30ClN5O. The Labute approximate surface area is 189 Å². The second kappa shape index (κ2) is 12.3. The van der Waals surface area contributed by atoms with Crippen molar-refractivity contribution >= 4 is 23.3 Å². The number of nitrogens with zero attached hydrogens (tertiary/aromatic N) is 3. The van der Waals surface area contributed by atoms with Gasteiger partial charge < -0.3 is 20.4 Å². The number of halogens is 1. The highest BCUT2D eigenvalue weighted by Crippen LogP contribution is 2.12. The maximum atomic E-state index is 12.0. The molecule has 0 saturated carbocycles. The van der Waals surface area contributed by atoms with Crippen molar-refractivity contribution in [3.63, 3.8) is 0 Å². The molecule has 0 bridgehead atoms. The summed E-state index contributed by atoms with van der Waals surface area (Å²) in [5.74, 6) is 0. The second-order valence-electron chi connectivity index (χ2n) is 7.84. The van der Waals surface area contributed by atoms with Crippen molar-refractivity contribution in [3.05, 3.63) is 64.7 Å². The van der Waals surface area contributed by atoms with Gasteiger partial charge >= 0.3 is 6.03 Å². The number of carbonyl (C=O) groups excluding carboxylic acids is 1. The molecule has 164 valence electrons. The van der Waals surface area contributed by atoms with Gasteiger partial charge in [-0.3, -0.25) is 0 Å². The SMILES string of the molecule is N#Cc1ccc(NC(=O)NCCCN2CCN(CCCc3ccc(Cl)cc3)CC2)cc1. The van der Waals surface area contributed by atoms with Crippen LogP contribution in [0.2, 0.25) is 5.02 Å². The highest BCUT2D eigenvalue weighted by Gasteiger charge is 2.16. The molecule has 2 amide bonds. The van der Waals surface area contributed by atoms with Crippen LogP contribution in [0, 0.1) is 11.3 Å². The van der Waals surface area contributed by atoms with E-state index in [4.69, 9.17) is 16.9 Å². The van der Waals surface area contributed by atoms with Crippen molar-refractivity contribution in [1.82, 2.24) is 15.1 Å². The number of anilines is 1. The number of amides is 2. The van der Waals surface area contributed by atoms with Crippen LogP contribution in [0.5, 0.6) is 0 Å². The first-order chi connectivity index (χ1) is 15.1. The summed E-state index contributed by atoms with van der Waals surface area (Å²) in [4.78, 5) is 17.0. The Hall–Kier alpha value is -2.59. The quantitative estimate of drug-likeness (QED) is 0.580. The third-order valence-corrected chi connectivity index (χ3v) is 5.78. The van der Waals surface area contributed by atoms with Crippen LogP contribution < -0.4 is 10.6 Å². The van der Waals surface area contributed by atoms with E-state index in [1.807, 2.05) is 12.1 Å². The van der Waals surface area contributed by atoms with E-state index in [-0.39, 0.29) is 6.03 Å². The van der Waals surface area contributed by atoms with Crippen LogP contribution in [0.3, 0.4) is 0 Å². The molecule has 6 nitrogen and oxygen atoms in total. The third kappa shape index (κ3) is 8.22. The molecule has 0 spiro atoms. The minimum absolute atomic E-state index is 0.213. The lowest BCUT2D eigenvalue weighted by molar-refractivity contribution is 0.130. The van der Waals surface area contributed by atoms with Crippen molar-refractivity contribution < 1.29 is 4.79 Å². The number of benzene rings is 2. The van der Waals surface area contributed by atoms with Gasteiger partial charge in [0.1, 0.15) is 0 Å². The van der Waals surface area contributed by atoms with Gasteiger partial charge in [0.05, 0.1) is 11.6 Å². The molecular weight excluding hydrogens is 410 g/mol. The number of carbonyl (C=O) groups is 1. The predicted octanol–water partition coefficient (Wildman–Crippen LogP) is 3.97. The number of hydrogen-bond donors (Lipinski definition) is 2. The summed E-state index contributed by atoms with van der Waals surface area (Å²) in [6.45, 7) is 7.14. The fraction of sp³-hybridized carbons (Fsp3) is 0.417. The zero-order valence-corrected chi connectivity index (χ0v) is 18.6. The molecule has 2 aromatic carbocycles. The van der Waals surface area contributed by atoms with Crippen molar-refractivity contribution in [2.45, 2.75) is 19.3 Å². The van der Waals surface area contributed by atoms with E-state index in [0.29, 0.717) is 17.8 Å². The average molecular weight is 440 g/mol. The van der Waals surface area contributed by atoms with Gasteiger partial charge in [-0.1, -0.05) is 23.7 Å². The van der Waals surface area contributed by atoms with E-state index < -0.39 is 0 Å². The van der Waals surface area contributed by atoms with Crippen molar-refractivity contribution in [3.8, 4) is 6.07 Å². The normalized spacial score (nSPS) is 14.7. The fourth-order valence-corrected chi connectivity index (χ4v) is 3.83. The topological polar surface area (TPSA) is 71.4 Å². The van der Waals surface area contributed by atoms with E-state index in [2.05, 4.69) is 38.6 Å². The molecule has 0 aromatic heterocycles. The molecule has 2 N–H and O–H groups in total. The minimum Gasteiger partial charge on any atom is -0.338 e. The molecule has 1 heterocycles. The summed E-state index contributed by atoms with van der Waals surface area (Å²) in [5, 5.41) is 15.3. The van der Waals surface area contributed by atoms with E-state index in [1.54, 1.807) is 24.3 Å². The minimum atomic E-state index is -0.213. The molecule has 31 heavy (non-hydrogen) atoms. The van der Waals surface area contributed by atoms with Gasteiger partial charge in [-0.15, -0.1) is 0 Å². The van der Waals surface area contributed by atoms with Crippen molar-refractivity contribution in [1.29, 1.82) is 5.26 Å². The lowest BCUT2D eigenvalue weighted by Gasteiger charge is -2.34. The molecule has 0 aliphatic carbocycles. The Morgan fingerprint density at radius 3 is 2.16 bits per heavy atom. The number of nitriles is 1. The summed E-state index contributed by atoms with van der Waals surface area (Å²) >= 11 is 5.94. The van der Waals surface area contributed by atoms with Crippen LogP contribution in [0.25, 0.3) is 0 Å². The second-order valence-corrected chi connectivity index (χ2v) is 8.27. The van der Waals surface area contributed by atoms with E-state index >= 15 is 0 Å². The molecule has 1 fully saturated rings. The number of hydrogen-bond acceptors (Lipinski definition) is 4. The number of urea groups is 1. The first-order valence-electron chi connectivity index (χ1n) is 10.9. The van der Waals surface area contributed by atoms with Crippen LogP contribution in [0.15, 0.2) is 48.5 Å². The van der Waals surface area contributed by atoms with Gasteiger partial charge in [0, 0.05) is 43.4 Å². The molecule has 1 aliphatic rings. The zero-order chi connectivity index (χ0) is 21.9. The summed E-state index contributed by atoms with van der Waals surface area (Å²) in [7, 11) is 0. The highest BCUT2D eigenvalue weighted by molar-refractivity contribution is 6.30. The van der Waals surface area contributed by atoms with Gasteiger partial charge in [0.15, 0.2) is 0 Å². The van der Waals surface area contributed by atoms with Gasteiger partial charge in [-0.05, 0) is 74.3 Å². The van der Waals surface area contributed by atoms with Gasteiger partial charge in [-0.25, -0.2) is 4.79 Å². The van der Waals surface area contributed by atoms with Crippen LogP contribution >= 0.6 is 11.6 Å². The fourth-order valence-electron chi connectivity index (χ4n) is 3.70. The first-order valence-corrected chi connectivity index (χ1v) is 11.2. The van der Waals surface area contributed by atoms with Crippen LogP contribution in [0.4, 0.5) is 10.5 Å². The van der Waals surface area contributed by atoms with Gasteiger partial charge in [-0.2, -0.15) is 5.26 Å². The molecule has 0 radical (unpaired) electrons. The number of piperazine rings is 1. The monoisotopic (exact) mass is 439 g/mol. The number of aryl methyl sites for hydroxylation is 1. The molecule has 0 unspecified atom stereocenters. The Kier molecular flexibility index (Phi) is 9.16. The van der Waals surface area contributed by atoms with Crippen molar-refractivity contribution in [2.75, 3.05) is 51.1 Å². The molecule has 2 aromatic rings. The maximum Gasteiger partial charge on any atom is 0.319 e. The van der Waals surface area contributed by atoms with Crippen LogP contribution in [-0.4, -0.2) is 61.6 Å². The summed E-state index contributed by atoms with van der Waals surface area (Å²) in [5.41, 5.74) is 2.61. The van der Waals surface area contributed by atoms with Crippen LogP contribution in [0.1, 0.15) is 24.0 Å². The van der Waals surface area contributed by atoms with Crippen LogP contribution in [-0.2, 0) is 6.42 Å². The number of nitrogens with one attached hydrogen (secondary N) is 2. The predicted molar refractivity (Wildman–Crippen MR) is 125 cm³/mol. The van der Waals surface area contributed by atoms with Crippen molar-refractivity contribution in [2.24, 2.45) is 0 Å². The summed E-state index contributed by atoms with van der Waals surface area (Å²) < 4.78 is 0. The molecule has 1 saturated heterocycles. The standard InChI is InChI=1S/C24H30ClN5O/c25-22-8-4-20(5-9-22)3-1-13-29-15-17-30(18-16-29)14-2-12-27-24(31)28-23-10-6-21(19-26)7-11-23/h4-11H,1-3,12-18H2,(H2,27,28,31). The van der Waals surface area contributed by atoms with Gasteiger partial charge in [0.25, 0.3) is 0 Å². The average Bonchev–Trinajstić information content (AvgIpc) is 2.79. The maximum absolute atomic E-state index is 12.0. The highest BCUT2D eigenvalue weighted by atomic mass is 35.5. The lowest BCUT2D eigenvalue weighted by atomic mass is 10.1. The Morgan fingerprint density at radius 2 is 1.55 bits per heavy atom. The number of rotatable bonds is 9. The molecule has 3 rings (SSSR count). The molecule has 0 atom stereocenters. The largest absolute Gasteiger partial charge is 0.338 e. The molecule has 7 heteroatoms. The van der Waals surface area contributed by atoms with E-state index in [1.165, 1.54) is 12.0 Å². The third-order valence-electron chi connectivity index (χ3n) is 5.53. The Morgan fingerprint density at radius 1 is 0.935 bits per heavy atom. The Balaban J connectivity index is 1.22. The lowest BCUT2D eigenvalue weighted by Crippen LogP contribution is -2.47. The summed E-state index contributed by atoms with van der Waals surface area (Å²) in [6, 6.07) is 16.8. The Bertz CT molecular complexity index is 855. The summed E-state index contributed by atoms with van der Waals surface area (Å²) in [6.07, 6.45) is 3.19. The smallest absolute Gasteiger partial charge is 0.319 e. The first kappa shape index (κ1) is 23.1. The van der Waals surface area contributed by atoms with Gasteiger partial charge in [0.2, 0.25) is 0 Å².